The van der Waals surface area contributed by atoms with Gasteiger partial charge in [0.25, 0.3) is 0 Å². The number of para-hydroxylation sites is 1. The number of fused-ring (bicyclic) bond motifs is 1. The van der Waals surface area contributed by atoms with Crippen molar-refractivity contribution in [3.8, 4) is 5.75 Å². The summed E-state index contributed by atoms with van der Waals surface area (Å²) < 4.78 is 6.25. The number of carbonyl (C=O) groups is 3. The van der Waals surface area contributed by atoms with E-state index in [1.807, 2.05) is 24.3 Å². The first-order valence-electron chi connectivity index (χ1n) is 15.4. The molecule has 0 radical (unpaired) electrons. The summed E-state index contributed by atoms with van der Waals surface area (Å²) in [5.74, 6) is 0.424. The fourth-order valence-electron chi connectivity index (χ4n) is 6.59. The Balaban J connectivity index is 1.63. The zero-order valence-electron chi connectivity index (χ0n) is 25.0. The van der Waals surface area contributed by atoms with Gasteiger partial charge in [-0.3, -0.25) is 19.3 Å². The average molecular weight is 682 g/mol. The lowest BCUT2D eigenvalue weighted by Crippen LogP contribution is -2.67. The van der Waals surface area contributed by atoms with Gasteiger partial charge in [-0.15, -0.1) is 0 Å². The van der Waals surface area contributed by atoms with E-state index >= 15 is 0 Å². The summed E-state index contributed by atoms with van der Waals surface area (Å²) in [7, 11) is 1.75. The van der Waals surface area contributed by atoms with Crippen LogP contribution in [0.1, 0.15) is 77.3 Å². The predicted octanol–water partition coefficient (Wildman–Crippen LogP) is 3.41. The number of carbonyl (C=O) groups excluding carboxylic acids is 3. The number of rotatable bonds is 10. The van der Waals surface area contributed by atoms with Crippen LogP contribution in [0.5, 0.6) is 5.75 Å². The molecule has 0 bridgehead atoms. The largest absolute Gasteiger partial charge is 0.493 e. The highest BCUT2D eigenvalue weighted by Gasteiger charge is 2.44. The molecule has 3 aliphatic rings. The molecule has 10 heteroatoms. The normalized spacial score (nSPS) is 25.8. The Bertz CT molecular complexity index is 1050. The van der Waals surface area contributed by atoms with Crippen molar-refractivity contribution in [3.05, 3.63) is 29.8 Å². The molecule has 1 aliphatic carbocycles. The number of ether oxygens (including phenoxy) is 1. The second kappa shape index (κ2) is 15.0. The van der Waals surface area contributed by atoms with E-state index in [9.17, 15) is 14.4 Å². The summed E-state index contributed by atoms with van der Waals surface area (Å²) in [6, 6.07) is 6.13. The number of piperazine rings is 1. The van der Waals surface area contributed by atoms with Gasteiger partial charge in [0.2, 0.25) is 17.7 Å². The zero-order chi connectivity index (χ0) is 29.5. The fourth-order valence-corrected chi connectivity index (χ4v) is 7.18. The van der Waals surface area contributed by atoms with E-state index in [1.54, 1.807) is 18.9 Å². The van der Waals surface area contributed by atoms with Crippen LogP contribution in [0, 0.1) is 5.92 Å². The topological polar surface area (TPSA) is 103 Å². The Morgan fingerprint density at radius 1 is 1.07 bits per heavy atom. The lowest BCUT2D eigenvalue weighted by Gasteiger charge is -2.47. The van der Waals surface area contributed by atoms with Crippen molar-refractivity contribution in [3.63, 3.8) is 0 Å². The molecule has 41 heavy (non-hydrogen) atoms. The van der Waals surface area contributed by atoms with Crippen LogP contribution in [0.15, 0.2) is 24.3 Å². The number of nitrogens with one attached hydrogen (secondary N) is 3. The minimum Gasteiger partial charge on any atom is -0.493 e. The molecular formula is C31H48IN5O4. The van der Waals surface area contributed by atoms with Crippen molar-refractivity contribution in [2.24, 2.45) is 5.92 Å². The molecule has 4 rings (SSSR count). The molecule has 1 aromatic carbocycles. The Morgan fingerprint density at radius 2 is 1.80 bits per heavy atom. The Labute approximate surface area is 259 Å². The zero-order valence-corrected chi connectivity index (χ0v) is 27.2. The number of alkyl halides is 1. The van der Waals surface area contributed by atoms with Gasteiger partial charge in [-0.05, 0) is 51.8 Å². The van der Waals surface area contributed by atoms with Crippen LogP contribution >= 0.6 is 22.6 Å². The molecule has 6 atom stereocenters. The number of hydrogen-bond acceptors (Lipinski definition) is 6. The molecule has 2 heterocycles. The van der Waals surface area contributed by atoms with Gasteiger partial charge in [0.05, 0.1) is 18.7 Å². The molecule has 2 fully saturated rings. The van der Waals surface area contributed by atoms with Crippen molar-refractivity contribution in [1.29, 1.82) is 0 Å². The van der Waals surface area contributed by atoms with Crippen LogP contribution < -0.4 is 20.7 Å². The van der Waals surface area contributed by atoms with Crippen LogP contribution in [0.4, 0.5) is 0 Å². The van der Waals surface area contributed by atoms with Gasteiger partial charge >= 0.3 is 0 Å². The maximum Gasteiger partial charge on any atom is 0.246 e. The minimum atomic E-state index is -0.636. The number of likely N-dealkylation sites (N-methyl/N-ethyl adjacent to an activating group) is 2. The first-order valence-corrected chi connectivity index (χ1v) is 16.7. The molecule has 2 aliphatic heterocycles. The highest BCUT2D eigenvalue weighted by molar-refractivity contribution is 14.1. The van der Waals surface area contributed by atoms with E-state index in [1.165, 1.54) is 0 Å². The maximum absolute atomic E-state index is 14.5. The Kier molecular flexibility index (Phi) is 11.7. The number of halogens is 1. The molecule has 1 unspecified atom stereocenters. The van der Waals surface area contributed by atoms with Gasteiger partial charge < -0.3 is 25.6 Å². The van der Waals surface area contributed by atoms with E-state index in [0.29, 0.717) is 30.0 Å². The summed E-state index contributed by atoms with van der Waals surface area (Å²) in [5.41, 5.74) is 0.971. The second-order valence-electron chi connectivity index (χ2n) is 11.9. The van der Waals surface area contributed by atoms with Gasteiger partial charge in [-0.25, -0.2) is 0 Å². The molecular weight excluding hydrogens is 633 g/mol. The molecule has 1 aromatic rings. The molecule has 9 nitrogen and oxygen atoms in total. The van der Waals surface area contributed by atoms with Crippen molar-refractivity contribution < 1.29 is 19.1 Å². The van der Waals surface area contributed by atoms with E-state index in [2.05, 4.69) is 57.3 Å². The van der Waals surface area contributed by atoms with Crippen LogP contribution in [0.2, 0.25) is 0 Å². The molecule has 0 spiro atoms. The third kappa shape index (κ3) is 7.93. The monoisotopic (exact) mass is 681 g/mol. The first-order chi connectivity index (χ1) is 19.7. The highest BCUT2D eigenvalue weighted by atomic mass is 127. The van der Waals surface area contributed by atoms with E-state index in [4.69, 9.17) is 4.74 Å². The molecule has 1 saturated carbocycles. The average Bonchev–Trinajstić information content (AvgIpc) is 2.99. The van der Waals surface area contributed by atoms with Crippen molar-refractivity contribution >= 4 is 40.3 Å². The second-order valence-corrected chi connectivity index (χ2v) is 14.0. The summed E-state index contributed by atoms with van der Waals surface area (Å²) >= 11 is 2.44. The van der Waals surface area contributed by atoms with Crippen LogP contribution in [0.3, 0.4) is 0 Å². The quantitative estimate of drug-likeness (QED) is 0.259. The van der Waals surface area contributed by atoms with Crippen LogP contribution in [-0.2, 0) is 14.4 Å². The summed E-state index contributed by atoms with van der Waals surface area (Å²) in [5, 5.41) is 9.39. The standard InChI is InChI=1S/C31H48IN5O4/c1-5-36-19-26(30(39)34-25-15-16-41-27-14-10-9-13-24(25)27)37(18-23(36)17-20(2)32)31(40)28(22-11-7-6-8-12-22)35-29(38)21(3)33-4/h9-10,13-14,20-23,25-26,28,33H,5-8,11-12,15-19H2,1-4H3,(H,34,39)(H,35,38)/t20?,21-,23+,25+,26-,28-/m0/s1. The number of hydrogen-bond donors (Lipinski definition) is 3. The number of amides is 3. The van der Waals surface area contributed by atoms with Crippen molar-refractivity contribution in [1.82, 2.24) is 25.8 Å². The van der Waals surface area contributed by atoms with Gasteiger partial charge in [-0.2, -0.15) is 0 Å². The Morgan fingerprint density at radius 3 is 2.49 bits per heavy atom. The lowest BCUT2D eigenvalue weighted by atomic mass is 9.82. The number of benzene rings is 1. The van der Waals surface area contributed by atoms with E-state index < -0.39 is 18.1 Å². The molecule has 228 valence electrons. The molecule has 1 saturated heterocycles. The van der Waals surface area contributed by atoms with E-state index in [0.717, 1.165) is 56.4 Å². The molecule has 0 aromatic heterocycles. The van der Waals surface area contributed by atoms with Gasteiger partial charge in [-0.1, -0.05) is 73.9 Å². The van der Waals surface area contributed by atoms with Crippen molar-refractivity contribution in [2.75, 3.05) is 33.3 Å². The maximum atomic E-state index is 14.5. The molecule has 3 amide bonds. The third-order valence-electron chi connectivity index (χ3n) is 9.08. The van der Waals surface area contributed by atoms with Gasteiger partial charge in [0, 0.05) is 35.0 Å². The minimum absolute atomic E-state index is 0.0708. The Hall–Kier alpha value is -1.92. The van der Waals surface area contributed by atoms with Crippen LogP contribution in [0.25, 0.3) is 0 Å². The van der Waals surface area contributed by atoms with Gasteiger partial charge in [0.1, 0.15) is 17.8 Å². The lowest BCUT2D eigenvalue weighted by molar-refractivity contribution is -0.150. The predicted molar refractivity (Wildman–Crippen MR) is 169 cm³/mol. The first kappa shape index (κ1) is 32.0. The van der Waals surface area contributed by atoms with Crippen LogP contribution in [-0.4, -0.2) is 88.9 Å². The smallest absolute Gasteiger partial charge is 0.246 e. The highest BCUT2D eigenvalue weighted by Crippen LogP contribution is 2.33. The SMILES string of the molecule is CCN1C[C@@H](C(=O)N[C@@H]2CCOc3ccccc32)N(C(=O)[C@@H](NC(=O)[C@H](C)NC)C2CCCCC2)C[C@H]1CC(C)I. The third-order valence-corrected chi connectivity index (χ3v) is 9.59. The number of nitrogens with zero attached hydrogens (tertiary/aromatic N) is 2. The van der Waals surface area contributed by atoms with Crippen molar-refractivity contribution in [2.45, 2.75) is 99.9 Å². The molecule has 3 N–H and O–H groups in total. The summed E-state index contributed by atoms with van der Waals surface area (Å²) in [6.07, 6.45) is 6.68. The van der Waals surface area contributed by atoms with Gasteiger partial charge in [0.15, 0.2) is 0 Å². The summed E-state index contributed by atoms with van der Waals surface area (Å²) in [6.45, 7) is 8.40. The summed E-state index contributed by atoms with van der Waals surface area (Å²) in [4.78, 5) is 45.9. The fraction of sp³-hybridized carbons (Fsp3) is 0.710. The van der Waals surface area contributed by atoms with E-state index in [-0.39, 0.29) is 35.7 Å².